The van der Waals surface area contributed by atoms with Gasteiger partial charge in [-0.25, -0.2) is 4.98 Å². The molecule has 2 heterocycles. The Morgan fingerprint density at radius 3 is 2.39 bits per heavy atom. The summed E-state index contributed by atoms with van der Waals surface area (Å²) in [4.78, 5) is 7.52. The summed E-state index contributed by atoms with van der Waals surface area (Å²) in [7, 11) is 0. The number of rotatable bonds is 2. The average molecular weight is 295 g/mol. The first-order chi connectivity index (χ1) is 11.4. The lowest BCUT2D eigenvalue weighted by Crippen LogP contribution is -1.85. The van der Waals surface area contributed by atoms with E-state index >= 15 is 0 Å². The van der Waals surface area contributed by atoms with Crippen LogP contribution in [-0.4, -0.2) is 9.97 Å². The zero-order valence-electron chi connectivity index (χ0n) is 12.3. The second-order valence-corrected chi connectivity index (χ2v) is 5.35. The summed E-state index contributed by atoms with van der Waals surface area (Å²) in [5, 5.41) is 10.1. The lowest BCUT2D eigenvalue weighted by atomic mass is 9.94. The lowest BCUT2D eigenvalue weighted by molar-refractivity contribution is 1.31. The molecule has 4 aromatic rings. The van der Waals surface area contributed by atoms with Gasteiger partial charge in [0.15, 0.2) is 0 Å². The Balaban J connectivity index is 1.98. The summed E-state index contributed by atoms with van der Waals surface area (Å²) >= 11 is 0. The summed E-state index contributed by atoms with van der Waals surface area (Å²) in [6.45, 7) is 0. The molecule has 0 saturated heterocycles. The lowest BCUT2D eigenvalue weighted by Gasteiger charge is -2.09. The zero-order chi connectivity index (χ0) is 15.6. The SMILES string of the molecule is N#Cc1cnc2[nH]cc(-c3ccccc3-c3ccccc3)c2c1. The average Bonchev–Trinajstić information content (AvgIpc) is 3.05. The molecule has 0 atom stereocenters. The van der Waals surface area contributed by atoms with Crippen LogP contribution in [0, 0.1) is 11.3 Å². The fraction of sp³-hybridized carbons (Fsp3) is 0. The van der Waals surface area contributed by atoms with Crippen molar-refractivity contribution in [3.05, 3.63) is 78.6 Å². The monoisotopic (exact) mass is 295 g/mol. The third-order valence-electron chi connectivity index (χ3n) is 3.96. The van der Waals surface area contributed by atoms with Crippen LogP contribution >= 0.6 is 0 Å². The standard InChI is InChI=1S/C20H13N3/c21-11-14-10-18-19(13-23-20(18)22-12-14)17-9-5-4-8-16(17)15-6-2-1-3-7-15/h1-10,12-13H,(H,22,23). The van der Waals surface area contributed by atoms with Gasteiger partial charge in [-0.3, -0.25) is 0 Å². The van der Waals surface area contributed by atoms with E-state index in [9.17, 15) is 0 Å². The van der Waals surface area contributed by atoms with E-state index in [-0.39, 0.29) is 0 Å². The molecule has 3 nitrogen and oxygen atoms in total. The molecule has 0 aliphatic rings. The van der Waals surface area contributed by atoms with E-state index in [1.807, 2.05) is 42.6 Å². The molecule has 0 saturated carbocycles. The molecule has 0 aliphatic heterocycles. The van der Waals surface area contributed by atoms with E-state index in [1.54, 1.807) is 6.20 Å². The van der Waals surface area contributed by atoms with Crippen molar-refractivity contribution in [3.63, 3.8) is 0 Å². The molecule has 0 radical (unpaired) electrons. The summed E-state index contributed by atoms with van der Waals surface area (Å²) in [5.41, 5.74) is 5.88. The second-order valence-electron chi connectivity index (χ2n) is 5.35. The first kappa shape index (κ1) is 13.3. The number of H-pyrrole nitrogens is 1. The van der Waals surface area contributed by atoms with Gasteiger partial charge in [0.2, 0.25) is 0 Å². The first-order valence-electron chi connectivity index (χ1n) is 7.39. The van der Waals surface area contributed by atoms with Crippen LogP contribution in [0.3, 0.4) is 0 Å². The van der Waals surface area contributed by atoms with Gasteiger partial charge in [0.05, 0.1) is 5.56 Å². The van der Waals surface area contributed by atoms with E-state index in [4.69, 9.17) is 5.26 Å². The van der Waals surface area contributed by atoms with Crippen molar-refractivity contribution in [2.75, 3.05) is 0 Å². The Morgan fingerprint density at radius 2 is 1.61 bits per heavy atom. The van der Waals surface area contributed by atoms with Gasteiger partial charge in [-0.2, -0.15) is 5.26 Å². The Labute approximate surface area is 133 Å². The number of nitrogens with zero attached hydrogens (tertiary/aromatic N) is 2. The van der Waals surface area contributed by atoms with E-state index in [0.29, 0.717) is 5.56 Å². The number of hydrogen-bond acceptors (Lipinski definition) is 2. The highest BCUT2D eigenvalue weighted by Crippen LogP contribution is 2.35. The molecule has 4 rings (SSSR count). The van der Waals surface area contributed by atoms with Crippen molar-refractivity contribution in [1.29, 1.82) is 5.26 Å². The fourth-order valence-corrected chi connectivity index (χ4v) is 2.87. The van der Waals surface area contributed by atoms with Crippen molar-refractivity contribution in [3.8, 4) is 28.3 Å². The predicted octanol–water partition coefficient (Wildman–Crippen LogP) is 4.77. The smallest absolute Gasteiger partial charge is 0.137 e. The van der Waals surface area contributed by atoms with E-state index in [0.717, 1.165) is 27.7 Å². The molecular formula is C20H13N3. The normalized spacial score (nSPS) is 10.6. The Morgan fingerprint density at radius 1 is 0.870 bits per heavy atom. The number of aromatic amines is 1. The van der Waals surface area contributed by atoms with Crippen LogP contribution in [0.15, 0.2) is 73.1 Å². The predicted molar refractivity (Wildman–Crippen MR) is 91.7 cm³/mol. The van der Waals surface area contributed by atoms with Gasteiger partial charge < -0.3 is 4.98 Å². The summed E-state index contributed by atoms with van der Waals surface area (Å²) < 4.78 is 0. The highest BCUT2D eigenvalue weighted by Gasteiger charge is 2.12. The van der Waals surface area contributed by atoms with Crippen LogP contribution in [0.2, 0.25) is 0 Å². The molecule has 108 valence electrons. The van der Waals surface area contributed by atoms with Crippen LogP contribution in [0.5, 0.6) is 0 Å². The molecule has 2 aromatic carbocycles. The van der Waals surface area contributed by atoms with Crippen molar-refractivity contribution < 1.29 is 0 Å². The number of fused-ring (bicyclic) bond motifs is 1. The van der Waals surface area contributed by atoms with Gasteiger partial charge in [0.1, 0.15) is 11.7 Å². The molecular weight excluding hydrogens is 282 g/mol. The Hall–Kier alpha value is -3.38. The summed E-state index contributed by atoms with van der Waals surface area (Å²) in [5.74, 6) is 0. The number of benzene rings is 2. The molecule has 0 fully saturated rings. The highest BCUT2D eigenvalue weighted by molar-refractivity contribution is 5.98. The third-order valence-corrected chi connectivity index (χ3v) is 3.96. The molecule has 0 unspecified atom stereocenters. The molecule has 3 heteroatoms. The molecule has 0 bridgehead atoms. The summed E-state index contributed by atoms with van der Waals surface area (Å²) in [6, 6.07) is 22.6. The molecule has 0 spiro atoms. The minimum Gasteiger partial charge on any atom is -0.346 e. The van der Waals surface area contributed by atoms with Crippen LogP contribution in [0.25, 0.3) is 33.3 Å². The fourth-order valence-electron chi connectivity index (χ4n) is 2.87. The van der Waals surface area contributed by atoms with Crippen LogP contribution in [-0.2, 0) is 0 Å². The first-order valence-corrected chi connectivity index (χ1v) is 7.39. The maximum Gasteiger partial charge on any atom is 0.137 e. The van der Waals surface area contributed by atoms with Gasteiger partial charge in [0, 0.05) is 23.3 Å². The number of pyridine rings is 1. The quantitative estimate of drug-likeness (QED) is 0.579. The minimum absolute atomic E-state index is 0.565. The minimum atomic E-state index is 0.565. The van der Waals surface area contributed by atoms with Crippen LogP contribution in [0.4, 0.5) is 0 Å². The largest absolute Gasteiger partial charge is 0.346 e. The topological polar surface area (TPSA) is 52.5 Å². The van der Waals surface area contributed by atoms with Gasteiger partial charge in [-0.05, 0) is 22.8 Å². The number of nitrogens with one attached hydrogen (secondary N) is 1. The van der Waals surface area contributed by atoms with Crippen LogP contribution < -0.4 is 0 Å². The number of aromatic nitrogens is 2. The maximum absolute atomic E-state index is 9.13. The van der Waals surface area contributed by atoms with Crippen molar-refractivity contribution in [1.82, 2.24) is 9.97 Å². The summed E-state index contributed by atoms with van der Waals surface area (Å²) in [6.07, 6.45) is 3.55. The van der Waals surface area contributed by atoms with Gasteiger partial charge in [0.25, 0.3) is 0 Å². The van der Waals surface area contributed by atoms with Crippen molar-refractivity contribution >= 4 is 11.0 Å². The second kappa shape index (κ2) is 5.43. The number of nitriles is 1. The molecule has 2 aromatic heterocycles. The maximum atomic E-state index is 9.13. The zero-order valence-corrected chi connectivity index (χ0v) is 12.3. The molecule has 0 amide bonds. The van der Waals surface area contributed by atoms with Crippen molar-refractivity contribution in [2.24, 2.45) is 0 Å². The van der Waals surface area contributed by atoms with Gasteiger partial charge in [-0.15, -0.1) is 0 Å². The number of hydrogen-bond donors (Lipinski definition) is 1. The van der Waals surface area contributed by atoms with Crippen LogP contribution in [0.1, 0.15) is 5.56 Å². The molecule has 0 aliphatic carbocycles. The van der Waals surface area contributed by atoms with Gasteiger partial charge >= 0.3 is 0 Å². The third kappa shape index (κ3) is 2.27. The van der Waals surface area contributed by atoms with Crippen molar-refractivity contribution in [2.45, 2.75) is 0 Å². The highest BCUT2D eigenvalue weighted by atomic mass is 14.8. The molecule has 23 heavy (non-hydrogen) atoms. The molecule has 1 N–H and O–H groups in total. The van der Waals surface area contributed by atoms with E-state index in [1.165, 1.54) is 5.56 Å². The van der Waals surface area contributed by atoms with E-state index < -0.39 is 0 Å². The Bertz CT molecular complexity index is 1020. The Kier molecular flexibility index (Phi) is 3.14. The van der Waals surface area contributed by atoms with Gasteiger partial charge in [-0.1, -0.05) is 54.6 Å². The van der Waals surface area contributed by atoms with E-state index in [2.05, 4.69) is 40.3 Å².